The van der Waals surface area contributed by atoms with Crippen LogP contribution in [0, 0.1) is 0 Å². The Morgan fingerprint density at radius 2 is 2.11 bits per heavy atom. The molecule has 0 unspecified atom stereocenters. The number of rotatable bonds is 2. The second-order valence-corrected chi connectivity index (χ2v) is 5.06. The molecule has 2 N–H and O–H groups in total. The lowest BCUT2D eigenvalue weighted by Crippen LogP contribution is -1.98. The number of hydrogen-bond acceptors (Lipinski definition) is 5. The Labute approximate surface area is 115 Å². The average Bonchev–Trinajstić information content (AvgIpc) is 2.95. The highest BCUT2D eigenvalue weighted by Crippen LogP contribution is 2.48. The first kappa shape index (κ1) is 12.2. The van der Waals surface area contributed by atoms with Gasteiger partial charge in [-0.05, 0) is 5.92 Å². The molecule has 6 heteroatoms. The van der Waals surface area contributed by atoms with E-state index in [0.29, 0.717) is 16.5 Å². The smallest absolute Gasteiger partial charge is 0.231 e. The number of benzene rings is 1. The minimum atomic E-state index is 0.196. The fourth-order valence-corrected chi connectivity index (χ4v) is 2.55. The maximum atomic E-state index is 6.34. The molecule has 1 aliphatic rings. The van der Waals surface area contributed by atoms with E-state index < -0.39 is 0 Å². The van der Waals surface area contributed by atoms with E-state index in [9.17, 15) is 0 Å². The molecule has 0 fully saturated rings. The van der Waals surface area contributed by atoms with Crippen LogP contribution < -0.4 is 15.2 Å². The zero-order chi connectivity index (χ0) is 13.6. The van der Waals surface area contributed by atoms with Gasteiger partial charge in [-0.1, -0.05) is 30.6 Å². The van der Waals surface area contributed by atoms with E-state index in [0.717, 1.165) is 16.9 Å². The zero-order valence-electron chi connectivity index (χ0n) is 10.6. The van der Waals surface area contributed by atoms with Gasteiger partial charge in [0.15, 0.2) is 11.5 Å². The number of nitrogen functional groups attached to an aromatic ring is 1. The van der Waals surface area contributed by atoms with E-state index >= 15 is 0 Å². The molecular weight excluding hydrogens is 268 g/mol. The van der Waals surface area contributed by atoms with Crippen molar-refractivity contribution < 1.29 is 14.0 Å². The highest BCUT2D eigenvalue weighted by Gasteiger charge is 2.27. The Balaban J connectivity index is 2.29. The quantitative estimate of drug-likeness (QED) is 0.912. The summed E-state index contributed by atoms with van der Waals surface area (Å²) >= 11 is 6.34. The zero-order valence-corrected chi connectivity index (χ0v) is 11.3. The first-order valence-electron chi connectivity index (χ1n) is 5.92. The number of hydrogen-bond donors (Lipinski definition) is 1. The molecule has 3 rings (SSSR count). The van der Waals surface area contributed by atoms with Crippen molar-refractivity contribution >= 4 is 17.5 Å². The number of anilines is 1. The van der Waals surface area contributed by atoms with Gasteiger partial charge in [-0.3, -0.25) is 0 Å². The summed E-state index contributed by atoms with van der Waals surface area (Å²) in [7, 11) is 0. The third kappa shape index (κ3) is 1.90. The van der Waals surface area contributed by atoms with Crippen molar-refractivity contribution in [2.75, 3.05) is 12.5 Å². The molecule has 1 aliphatic heterocycles. The lowest BCUT2D eigenvalue weighted by Gasteiger charge is -2.15. The first-order chi connectivity index (χ1) is 9.08. The molecule has 0 saturated carbocycles. The fraction of sp³-hybridized carbons (Fsp3) is 0.308. The average molecular weight is 281 g/mol. The molecule has 0 spiro atoms. The highest BCUT2D eigenvalue weighted by molar-refractivity contribution is 6.33. The van der Waals surface area contributed by atoms with Gasteiger partial charge in [0.05, 0.1) is 5.02 Å². The van der Waals surface area contributed by atoms with Crippen molar-refractivity contribution in [3.63, 3.8) is 0 Å². The molecule has 19 heavy (non-hydrogen) atoms. The summed E-state index contributed by atoms with van der Waals surface area (Å²) in [6.45, 7) is 4.32. The topological polar surface area (TPSA) is 70.5 Å². The molecule has 0 radical (unpaired) electrons. The lowest BCUT2D eigenvalue weighted by atomic mass is 9.93. The predicted molar refractivity (Wildman–Crippen MR) is 71.6 cm³/mol. The number of ether oxygens (including phenoxy) is 2. The predicted octanol–water partition coefficient (Wildman–Crippen LogP) is 3.43. The Morgan fingerprint density at radius 3 is 2.74 bits per heavy atom. The second kappa shape index (κ2) is 4.35. The molecule has 0 atom stereocenters. The fourth-order valence-electron chi connectivity index (χ4n) is 2.25. The Hall–Kier alpha value is -1.88. The van der Waals surface area contributed by atoms with Gasteiger partial charge in [-0.15, -0.1) is 0 Å². The standard InChI is InChI=1S/C13H13ClN2O3/c1-6(2)11-12(8-4-10(15)19-16-8)7(14)3-9-13(11)18-5-17-9/h3-4,6H,5,15H2,1-2H3. The van der Waals surface area contributed by atoms with Crippen LogP contribution in [0.3, 0.4) is 0 Å². The van der Waals surface area contributed by atoms with E-state index in [1.54, 1.807) is 12.1 Å². The summed E-state index contributed by atoms with van der Waals surface area (Å²) in [5, 5.41) is 4.48. The van der Waals surface area contributed by atoms with Crippen molar-refractivity contribution in [2.24, 2.45) is 0 Å². The van der Waals surface area contributed by atoms with Gasteiger partial charge >= 0.3 is 0 Å². The number of fused-ring (bicyclic) bond motifs is 1. The summed E-state index contributed by atoms with van der Waals surface area (Å²) in [6, 6.07) is 3.38. The van der Waals surface area contributed by atoms with Crippen LogP contribution in [0.1, 0.15) is 25.3 Å². The molecule has 2 aromatic rings. The maximum absolute atomic E-state index is 6.34. The van der Waals surface area contributed by atoms with Crippen LogP contribution in [0.15, 0.2) is 16.7 Å². The molecule has 1 aromatic heterocycles. The van der Waals surface area contributed by atoms with Gasteiger partial charge in [-0.25, -0.2) is 0 Å². The van der Waals surface area contributed by atoms with Crippen LogP contribution in [-0.2, 0) is 0 Å². The normalized spacial score (nSPS) is 13.3. The molecule has 0 bridgehead atoms. The molecule has 100 valence electrons. The Morgan fingerprint density at radius 1 is 1.32 bits per heavy atom. The molecular formula is C13H13ClN2O3. The lowest BCUT2D eigenvalue weighted by molar-refractivity contribution is 0.173. The van der Waals surface area contributed by atoms with E-state index in [1.165, 1.54) is 0 Å². The van der Waals surface area contributed by atoms with Gasteiger partial charge in [-0.2, -0.15) is 0 Å². The van der Waals surface area contributed by atoms with Crippen LogP contribution in [0.5, 0.6) is 11.5 Å². The molecule has 0 aliphatic carbocycles. The number of nitrogens with zero attached hydrogens (tertiary/aromatic N) is 1. The summed E-state index contributed by atoms with van der Waals surface area (Å²) in [5.41, 5.74) is 7.91. The number of halogens is 1. The van der Waals surface area contributed by atoms with Crippen LogP contribution in [-0.4, -0.2) is 11.9 Å². The van der Waals surface area contributed by atoms with E-state index in [2.05, 4.69) is 19.0 Å². The molecule has 5 nitrogen and oxygen atoms in total. The van der Waals surface area contributed by atoms with Crippen LogP contribution >= 0.6 is 11.6 Å². The van der Waals surface area contributed by atoms with E-state index in [-0.39, 0.29) is 18.6 Å². The van der Waals surface area contributed by atoms with E-state index in [4.69, 9.17) is 31.3 Å². The molecule has 0 amide bonds. The summed E-state index contributed by atoms with van der Waals surface area (Å²) < 4.78 is 15.9. The van der Waals surface area contributed by atoms with Crippen molar-refractivity contribution in [1.82, 2.24) is 5.16 Å². The molecule has 0 saturated heterocycles. The van der Waals surface area contributed by atoms with Crippen LogP contribution in [0.4, 0.5) is 5.88 Å². The minimum Gasteiger partial charge on any atom is -0.454 e. The maximum Gasteiger partial charge on any atom is 0.231 e. The third-order valence-electron chi connectivity index (χ3n) is 3.01. The van der Waals surface area contributed by atoms with Crippen molar-refractivity contribution in [1.29, 1.82) is 0 Å². The summed E-state index contributed by atoms with van der Waals surface area (Å²) in [5.74, 6) is 1.82. The SMILES string of the molecule is CC(C)c1c2c(cc(Cl)c1-c1cc(N)on1)OCO2. The van der Waals surface area contributed by atoms with Crippen molar-refractivity contribution in [3.05, 3.63) is 22.7 Å². The van der Waals surface area contributed by atoms with Crippen molar-refractivity contribution in [2.45, 2.75) is 19.8 Å². The third-order valence-corrected chi connectivity index (χ3v) is 3.31. The summed E-state index contributed by atoms with van der Waals surface area (Å²) in [6.07, 6.45) is 0. The Kier molecular flexibility index (Phi) is 2.78. The van der Waals surface area contributed by atoms with Gasteiger partial charge < -0.3 is 19.7 Å². The molecule has 2 heterocycles. The number of nitrogens with two attached hydrogens (primary N) is 1. The van der Waals surface area contributed by atoms with Crippen LogP contribution in [0.25, 0.3) is 11.3 Å². The monoisotopic (exact) mass is 280 g/mol. The highest BCUT2D eigenvalue weighted by atomic mass is 35.5. The second-order valence-electron chi connectivity index (χ2n) is 4.65. The Bertz CT molecular complexity index is 637. The van der Waals surface area contributed by atoms with Gasteiger partial charge in [0, 0.05) is 23.3 Å². The van der Waals surface area contributed by atoms with Crippen molar-refractivity contribution in [3.8, 4) is 22.8 Å². The van der Waals surface area contributed by atoms with Gasteiger partial charge in [0.25, 0.3) is 0 Å². The first-order valence-corrected chi connectivity index (χ1v) is 6.30. The van der Waals surface area contributed by atoms with Crippen LogP contribution in [0.2, 0.25) is 5.02 Å². The van der Waals surface area contributed by atoms with Gasteiger partial charge in [0.1, 0.15) is 5.69 Å². The minimum absolute atomic E-state index is 0.196. The van der Waals surface area contributed by atoms with E-state index in [1.807, 2.05) is 0 Å². The molecule has 1 aromatic carbocycles. The van der Waals surface area contributed by atoms with Gasteiger partial charge in [0.2, 0.25) is 12.7 Å². The number of aromatic nitrogens is 1. The summed E-state index contributed by atoms with van der Waals surface area (Å²) in [4.78, 5) is 0. The largest absolute Gasteiger partial charge is 0.454 e.